The van der Waals surface area contributed by atoms with E-state index in [-0.39, 0.29) is 23.6 Å². The van der Waals surface area contributed by atoms with E-state index in [0.717, 1.165) is 82.5 Å². The predicted octanol–water partition coefficient (Wildman–Crippen LogP) is 5.17. The summed E-state index contributed by atoms with van der Waals surface area (Å²) < 4.78 is 58.4. The summed E-state index contributed by atoms with van der Waals surface area (Å²) in [6.45, 7) is 4.46. The minimum atomic E-state index is -4.56. The summed E-state index contributed by atoms with van der Waals surface area (Å²) >= 11 is 1.70. The zero-order valence-electron chi connectivity index (χ0n) is 21.4. The molecule has 1 N–H and O–H groups in total. The number of hydrogen-bond acceptors (Lipinski definition) is 6. The number of nitrogens with zero attached hydrogens (tertiary/aromatic N) is 3. The maximum atomic E-state index is 13.5. The van der Waals surface area contributed by atoms with Crippen LogP contribution in [0.25, 0.3) is 0 Å². The molecular formula is C27H34F4N4O2S. The van der Waals surface area contributed by atoms with Crippen molar-refractivity contribution in [2.45, 2.75) is 58.0 Å². The van der Waals surface area contributed by atoms with Gasteiger partial charge in [0.15, 0.2) is 5.13 Å². The Bertz CT molecular complexity index is 1110. The Balaban J connectivity index is 1.20. The molecule has 0 radical (unpaired) electrons. The number of thiazole rings is 1. The standard InChI is InChI=1S/C27H34F4N4O2S/c28-15-20-11-21(13-22(12-20)27(29,30)31)16-32-24(36)26(14-19-1-2-19)3-5-34(6-4-26)18-23-17-33-25(38-23)35-7-9-37-10-8-35/h11-13,17,19H,1-10,14-16,18H2,(H,32,36). The molecule has 1 aliphatic carbocycles. The summed E-state index contributed by atoms with van der Waals surface area (Å²) in [6, 6.07) is 3.21. The number of carbonyl (C=O) groups excluding carboxylic acids is 1. The number of ether oxygens (including phenoxy) is 1. The number of benzene rings is 1. The van der Waals surface area contributed by atoms with E-state index in [1.165, 1.54) is 10.9 Å². The van der Waals surface area contributed by atoms with E-state index >= 15 is 0 Å². The Kier molecular flexibility index (Phi) is 8.25. The van der Waals surface area contributed by atoms with Crippen LogP contribution in [0.5, 0.6) is 0 Å². The van der Waals surface area contributed by atoms with Gasteiger partial charge in [-0.15, -0.1) is 11.3 Å². The summed E-state index contributed by atoms with van der Waals surface area (Å²) in [5.41, 5.74) is -1.18. The number of rotatable bonds is 9. The van der Waals surface area contributed by atoms with Crippen LogP contribution in [0.1, 0.15) is 53.7 Å². The number of halogens is 4. The van der Waals surface area contributed by atoms with Crippen LogP contribution in [0.2, 0.25) is 0 Å². The van der Waals surface area contributed by atoms with Gasteiger partial charge in [0.1, 0.15) is 6.67 Å². The van der Waals surface area contributed by atoms with E-state index in [2.05, 4.69) is 20.1 Å². The summed E-state index contributed by atoms with van der Waals surface area (Å²) in [5, 5.41) is 3.93. The maximum absolute atomic E-state index is 13.5. The van der Waals surface area contributed by atoms with Gasteiger partial charge in [-0.25, -0.2) is 9.37 Å². The molecule has 1 aromatic carbocycles. The SMILES string of the molecule is O=C(NCc1cc(CF)cc(C(F)(F)F)c1)C1(CC2CC2)CCN(Cc2cnc(N3CCOCC3)s2)CC1. The lowest BCUT2D eigenvalue weighted by Gasteiger charge is -2.41. The van der Waals surface area contributed by atoms with Crippen LogP contribution >= 0.6 is 11.3 Å². The smallest absolute Gasteiger partial charge is 0.378 e. The highest BCUT2D eigenvalue weighted by Gasteiger charge is 2.45. The first-order valence-electron chi connectivity index (χ1n) is 13.3. The van der Waals surface area contributed by atoms with Gasteiger partial charge in [-0.05, 0) is 61.5 Å². The van der Waals surface area contributed by atoms with Gasteiger partial charge in [-0.1, -0.05) is 18.9 Å². The Morgan fingerprint density at radius 1 is 1.11 bits per heavy atom. The van der Waals surface area contributed by atoms with Crippen molar-refractivity contribution in [2.75, 3.05) is 44.3 Å². The predicted molar refractivity (Wildman–Crippen MR) is 138 cm³/mol. The summed E-state index contributed by atoms with van der Waals surface area (Å²) in [5.74, 6) is 0.437. The lowest BCUT2D eigenvalue weighted by Crippen LogP contribution is -2.48. The molecule has 2 aliphatic heterocycles. The number of piperidine rings is 1. The summed E-state index contributed by atoms with van der Waals surface area (Å²) in [4.78, 5) is 23.9. The Morgan fingerprint density at radius 2 is 1.82 bits per heavy atom. The van der Waals surface area contributed by atoms with Crippen LogP contribution in [-0.2, 0) is 35.5 Å². The van der Waals surface area contributed by atoms with Crippen molar-refractivity contribution in [3.05, 3.63) is 46.0 Å². The second-order valence-corrected chi connectivity index (χ2v) is 11.9. The number of anilines is 1. The second-order valence-electron chi connectivity index (χ2n) is 10.8. The molecular weight excluding hydrogens is 520 g/mol. The highest BCUT2D eigenvalue weighted by molar-refractivity contribution is 7.15. The molecule has 3 fully saturated rings. The molecule has 1 saturated carbocycles. The van der Waals surface area contributed by atoms with E-state index in [9.17, 15) is 22.4 Å². The third kappa shape index (κ3) is 6.66. The molecule has 0 spiro atoms. The van der Waals surface area contributed by atoms with E-state index in [1.807, 2.05) is 6.20 Å². The maximum Gasteiger partial charge on any atom is 0.416 e. The van der Waals surface area contributed by atoms with E-state index in [4.69, 9.17) is 4.74 Å². The van der Waals surface area contributed by atoms with Gasteiger partial charge >= 0.3 is 6.18 Å². The summed E-state index contributed by atoms with van der Waals surface area (Å²) in [7, 11) is 0. The van der Waals surface area contributed by atoms with Gasteiger partial charge in [0.25, 0.3) is 0 Å². The lowest BCUT2D eigenvalue weighted by molar-refractivity contribution is -0.137. The van der Waals surface area contributed by atoms with Gasteiger partial charge in [0.2, 0.25) is 5.91 Å². The molecule has 1 amide bonds. The van der Waals surface area contributed by atoms with Crippen molar-refractivity contribution in [2.24, 2.45) is 11.3 Å². The minimum Gasteiger partial charge on any atom is -0.378 e. The lowest BCUT2D eigenvalue weighted by atomic mass is 9.73. The van der Waals surface area contributed by atoms with E-state index < -0.39 is 23.8 Å². The number of aromatic nitrogens is 1. The fourth-order valence-corrected chi connectivity index (χ4v) is 6.51. The molecule has 2 saturated heterocycles. The average Bonchev–Trinajstić information content (AvgIpc) is 3.61. The van der Waals surface area contributed by atoms with Gasteiger partial charge in [0, 0.05) is 37.3 Å². The average molecular weight is 555 g/mol. The van der Waals surface area contributed by atoms with Crippen molar-refractivity contribution in [3.8, 4) is 0 Å². The number of nitrogens with one attached hydrogen (secondary N) is 1. The van der Waals surface area contributed by atoms with Crippen LogP contribution in [0, 0.1) is 11.3 Å². The summed E-state index contributed by atoms with van der Waals surface area (Å²) in [6.07, 6.45) is 1.85. The number of alkyl halides is 4. The number of morpholine rings is 1. The van der Waals surface area contributed by atoms with E-state index in [1.54, 1.807) is 11.3 Å². The first-order valence-corrected chi connectivity index (χ1v) is 14.1. The van der Waals surface area contributed by atoms with Gasteiger partial charge in [-0.2, -0.15) is 13.2 Å². The minimum absolute atomic E-state index is 0.0371. The highest BCUT2D eigenvalue weighted by atomic mass is 32.1. The molecule has 5 rings (SSSR count). The molecule has 0 unspecified atom stereocenters. The Morgan fingerprint density at radius 3 is 2.47 bits per heavy atom. The molecule has 208 valence electrons. The number of likely N-dealkylation sites (tertiary alicyclic amines) is 1. The van der Waals surface area contributed by atoms with Gasteiger partial charge in [-0.3, -0.25) is 9.69 Å². The number of amides is 1. The van der Waals surface area contributed by atoms with E-state index in [0.29, 0.717) is 18.8 Å². The van der Waals surface area contributed by atoms with Crippen molar-refractivity contribution in [3.63, 3.8) is 0 Å². The normalized spacial score (nSPS) is 20.5. The fraction of sp³-hybridized carbons (Fsp3) is 0.630. The molecule has 0 bridgehead atoms. The van der Waals surface area contributed by atoms with Crippen LogP contribution in [-0.4, -0.2) is 55.2 Å². The first kappa shape index (κ1) is 27.3. The Labute approximate surface area is 224 Å². The molecule has 2 aromatic rings. The molecule has 3 aliphatic rings. The van der Waals surface area contributed by atoms with Crippen LogP contribution in [0.15, 0.2) is 24.4 Å². The number of carbonyl (C=O) groups is 1. The van der Waals surface area contributed by atoms with Crippen molar-refractivity contribution >= 4 is 22.4 Å². The Hall–Kier alpha value is -2.24. The van der Waals surface area contributed by atoms with Crippen LogP contribution in [0.3, 0.4) is 0 Å². The fourth-order valence-electron chi connectivity index (χ4n) is 5.50. The van der Waals surface area contributed by atoms with Gasteiger partial charge in [0.05, 0.1) is 24.2 Å². The van der Waals surface area contributed by atoms with Crippen LogP contribution in [0.4, 0.5) is 22.7 Å². The third-order valence-corrected chi connectivity index (χ3v) is 8.90. The molecule has 6 nitrogen and oxygen atoms in total. The highest BCUT2D eigenvalue weighted by Crippen LogP contribution is 2.46. The van der Waals surface area contributed by atoms with Gasteiger partial charge < -0.3 is 15.0 Å². The quantitative estimate of drug-likeness (QED) is 0.434. The van der Waals surface area contributed by atoms with Crippen molar-refractivity contribution in [1.29, 1.82) is 0 Å². The first-order chi connectivity index (χ1) is 18.2. The molecule has 38 heavy (non-hydrogen) atoms. The monoisotopic (exact) mass is 554 g/mol. The topological polar surface area (TPSA) is 57.7 Å². The van der Waals surface area contributed by atoms with Crippen LogP contribution < -0.4 is 10.2 Å². The molecule has 11 heteroatoms. The van der Waals surface area contributed by atoms with Crippen molar-refractivity contribution < 1.29 is 27.1 Å². The third-order valence-electron chi connectivity index (χ3n) is 7.86. The molecule has 3 heterocycles. The molecule has 0 atom stereocenters. The molecule has 1 aromatic heterocycles. The number of hydrogen-bond donors (Lipinski definition) is 1. The van der Waals surface area contributed by atoms with Crippen molar-refractivity contribution in [1.82, 2.24) is 15.2 Å². The zero-order valence-corrected chi connectivity index (χ0v) is 22.2. The largest absolute Gasteiger partial charge is 0.416 e. The second kappa shape index (κ2) is 11.5. The zero-order chi connectivity index (χ0) is 26.8.